The molecule has 1 atom stereocenters. The number of rotatable bonds is 2. The summed E-state index contributed by atoms with van der Waals surface area (Å²) >= 11 is 0. The Morgan fingerprint density at radius 3 is 2.36 bits per heavy atom. The lowest BCUT2D eigenvalue weighted by atomic mass is 9.91. The second kappa shape index (κ2) is 6.27. The lowest BCUT2D eigenvalue weighted by Gasteiger charge is -2.28. The fourth-order valence-corrected chi connectivity index (χ4v) is 1.57. The molecule has 0 aromatic carbocycles. The largest absolute Gasteiger partial charge is 0.381 e. The molecule has 0 spiro atoms. The van der Waals surface area contributed by atoms with E-state index in [0.717, 1.165) is 26.1 Å². The van der Waals surface area contributed by atoms with Crippen molar-refractivity contribution in [1.82, 2.24) is 4.90 Å². The van der Waals surface area contributed by atoms with Gasteiger partial charge in [0.1, 0.15) is 0 Å². The molecule has 0 aromatic heterocycles. The minimum absolute atomic E-state index is 0. The van der Waals surface area contributed by atoms with Gasteiger partial charge < -0.3 is 15.4 Å². The number of nitrogens with zero attached hydrogens (tertiary/aromatic N) is 1. The highest BCUT2D eigenvalue weighted by Gasteiger charge is 2.27. The summed E-state index contributed by atoms with van der Waals surface area (Å²) in [5.41, 5.74) is 5.85. The highest BCUT2D eigenvalue weighted by Crippen LogP contribution is 2.18. The van der Waals surface area contributed by atoms with Crippen LogP contribution in [0.1, 0.15) is 12.8 Å². The van der Waals surface area contributed by atoms with Crippen molar-refractivity contribution in [2.24, 2.45) is 11.7 Å². The van der Waals surface area contributed by atoms with E-state index in [4.69, 9.17) is 10.5 Å². The van der Waals surface area contributed by atoms with Crippen LogP contribution >= 0.6 is 13.5 Å². The van der Waals surface area contributed by atoms with Gasteiger partial charge in [0.25, 0.3) is 0 Å². The predicted octanol–water partition coefficient (Wildman–Crippen LogP) is -0.0587. The van der Waals surface area contributed by atoms with Gasteiger partial charge >= 0.3 is 0 Å². The third-order valence-electron chi connectivity index (χ3n) is 2.50. The summed E-state index contributed by atoms with van der Waals surface area (Å²) in [6, 6.07) is -0.348. The molecule has 0 saturated carbocycles. The molecule has 1 aliphatic rings. The summed E-state index contributed by atoms with van der Waals surface area (Å²) in [5.74, 6) is 0.315. The van der Waals surface area contributed by atoms with Crippen molar-refractivity contribution in [1.29, 1.82) is 0 Å². The van der Waals surface area contributed by atoms with Crippen LogP contribution in [0, 0.1) is 5.92 Å². The molecule has 1 amide bonds. The summed E-state index contributed by atoms with van der Waals surface area (Å²) in [7, 11) is 3.48. The summed E-state index contributed by atoms with van der Waals surface area (Å²) in [6.07, 6.45) is 1.81. The Morgan fingerprint density at radius 2 is 1.93 bits per heavy atom. The van der Waals surface area contributed by atoms with E-state index in [-0.39, 0.29) is 25.4 Å². The van der Waals surface area contributed by atoms with Crippen LogP contribution in [-0.4, -0.2) is 44.2 Å². The van der Waals surface area contributed by atoms with Crippen LogP contribution in [0.3, 0.4) is 0 Å². The SMILES string of the molecule is CN(C)C(=O)[C@@H](N)C1CCOCC1.S. The van der Waals surface area contributed by atoms with E-state index in [1.165, 1.54) is 0 Å². The molecule has 1 aliphatic heterocycles. The van der Waals surface area contributed by atoms with Crippen LogP contribution in [0.15, 0.2) is 0 Å². The van der Waals surface area contributed by atoms with Crippen molar-refractivity contribution in [2.75, 3.05) is 27.3 Å². The van der Waals surface area contributed by atoms with E-state index in [1.54, 1.807) is 19.0 Å². The average Bonchev–Trinajstić information content (AvgIpc) is 2.17. The fraction of sp³-hybridized carbons (Fsp3) is 0.889. The predicted molar refractivity (Wildman–Crippen MR) is 60.6 cm³/mol. The number of amides is 1. The number of ether oxygens (including phenoxy) is 1. The van der Waals surface area contributed by atoms with Crippen LogP contribution < -0.4 is 5.73 Å². The highest BCUT2D eigenvalue weighted by molar-refractivity contribution is 7.59. The first-order chi connectivity index (χ1) is 6.13. The zero-order valence-corrected chi connectivity index (χ0v) is 9.82. The Morgan fingerprint density at radius 1 is 1.43 bits per heavy atom. The van der Waals surface area contributed by atoms with E-state index in [2.05, 4.69) is 0 Å². The molecule has 1 saturated heterocycles. The van der Waals surface area contributed by atoms with Gasteiger partial charge in [-0.3, -0.25) is 4.79 Å². The zero-order valence-electron chi connectivity index (χ0n) is 8.82. The number of carbonyl (C=O) groups excluding carboxylic acids is 1. The standard InChI is InChI=1S/C9H18N2O2.H2S/c1-11(2)9(12)8(10)7-3-5-13-6-4-7;/h7-8H,3-6,10H2,1-2H3;1H2/t8-;/m0./s1. The van der Waals surface area contributed by atoms with E-state index in [9.17, 15) is 4.79 Å². The summed E-state index contributed by atoms with van der Waals surface area (Å²) in [6.45, 7) is 1.47. The lowest BCUT2D eigenvalue weighted by molar-refractivity contribution is -0.132. The maximum absolute atomic E-state index is 11.5. The topological polar surface area (TPSA) is 55.6 Å². The van der Waals surface area contributed by atoms with Gasteiger partial charge in [-0.15, -0.1) is 0 Å². The Labute approximate surface area is 92.2 Å². The molecule has 2 N–H and O–H groups in total. The molecule has 14 heavy (non-hydrogen) atoms. The molecule has 4 nitrogen and oxygen atoms in total. The number of nitrogens with two attached hydrogens (primary N) is 1. The molecule has 1 heterocycles. The van der Waals surface area contributed by atoms with Crippen molar-refractivity contribution < 1.29 is 9.53 Å². The second-order valence-electron chi connectivity index (χ2n) is 3.71. The first kappa shape index (κ1) is 13.7. The summed E-state index contributed by atoms with van der Waals surface area (Å²) < 4.78 is 5.21. The van der Waals surface area contributed by atoms with Crippen molar-refractivity contribution in [3.8, 4) is 0 Å². The van der Waals surface area contributed by atoms with Crippen LogP contribution in [0.4, 0.5) is 0 Å². The summed E-state index contributed by atoms with van der Waals surface area (Å²) in [5, 5.41) is 0. The van der Waals surface area contributed by atoms with E-state index in [1.807, 2.05) is 0 Å². The molecule has 1 rings (SSSR count). The average molecular weight is 220 g/mol. The molecule has 0 radical (unpaired) electrons. The van der Waals surface area contributed by atoms with Crippen molar-refractivity contribution in [2.45, 2.75) is 18.9 Å². The van der Waals surface area contributed by atoms with Crippen LogP contribution in [0.5, 0.6) is 0 Å². The molecule has 0 aliphatic carbocycles. The van der Waals surface area contributed by atoms with Gasteiger partial charge in [-0.1, -0.05) is 0 Å². The number of carbonyl (C=O) groups is 1. The molecular formula is C9H20N2O2S. The van der Waals surface area contributed by atoms with Crippen LogP contribution in [-0.2, 0) is 9.53 Å². The Bertz CT molecular complexity index is 182. The Kier molecular flexibility index (Phi) is 6.15. The molecule has 5 heteroatoms. The van der Waals surface area contributed by atoms with E-state index in [0.29, 0.717) is 5.92 Å². The first-order valence-electron chi connectivity index (χ1n) is 4.67. The van der Waals surface area contributed by atoms with Crippen LogP contribution in [0.2, 0.25) is 0 Å². The zero-order chi connectivity index (χ0) is 9.84. The Hall–Kier alpha value is -0.260. The van der Waals surface area contributed by atoms with Gasteiger partial charge in [-0.25, -0.2) is 0 Å². The monoisotopic (exact) mass is 220 g/mol. The van der Waals surface area contributed by atoms with Gasteiger partial charge in [0.15, 0.2) is 0 Å². The molecule has 1 fully saturated rings. The van der Waals surface area contributed by atoms with Gasteiger partial charge in [0.05, 0.1) is 6.04 Å². The van der Waals surface area contributed by atoms with Gasteiger partial charge in [-0.2, -0.15) is 13.5 Å². The third kappa shape index (κ3) is 3.48. The van der Waals surface area contributed by atoms with Gasteiger partial charge in [0.2, 0.25) is 5.91 Å². The normalized spacial score (nSPS) is 19.6. The quantitative estimate of drug-likeness (QED) is 0.709. The number of hydrogen-bond acceptors (Lipinski definition) is 3. The molecule has 84 valence electrons. The Balaban J connectivity index is 0.00000169. The van der Waals surface area contributed by atoms with E-state index >= 15 is 0 Å². The van der Waals surface area contributed by atoms with Crippen LogP contribution in [0.25, 0.3) is 0 Å². The highest BCUT2D eigenvalue weighted by atomic mass is 32.1. The second-order valence-corrected chi connectivity index (χ2v) is 3.71. The fourth-order valence-electron chi connectivity index (χ4n) is 1.57. The van der Waals surface area contributed by atoms with Crippen molar-refractivity contribution in [3.05, 3.63) is 0 Å². The first-order valence-corrected chi connectivity index (χ1v) is 4.67. The minimum Gasteiger partial charge on any atom is -0.381 e. The van der Waals surface area contributed by atoms with Gasteiger partial charge in [0, 0.05) is 27.3 Å². The van der Waals surface area contributed by atoms with Crippen molar-refractivity contribution >= 4 is 19.4 Å². The van der Waals surface area contributed by atoms with Gasteiger partial charge in [-0.05, 0) is 18.8 Å². The van der Waals surface area contributed by atoms with Crippen molar-refractivity contribution in [3.63, 3.8) is 0 Å². The number of hydrogen-bond donors (Lipinski definition) is 1. The smallest absolute Gasteiger partial charge is 0.239 e. The number of likely N-dealkylation sites (N-methyl/N-ethyl adjacent to an activating group) is 1. The third-order valence-corrected chi connectivity index (χ3v) is 2.50. The molecule has 0 aromatic rings. The molecule has 0 unspecified atom stereocenters. The minimum atomic E-state index is -0.348. The summed E-state index contributed by atoms with van der Waals surface area (Å²) in [4.78, 5) is 13.1. The maximum atomic E-state index is 11.5. The molecule has 0 bridgehead atoms. The maximum Gasteiger partial charge on any atom is 0.239 e. The molecular weight excluding hydrogens is 200 g/mol. The van der Waals surface area contributed by atoms with E-state index < -0.39 is 0 Å². The lowest BCUT2D eigenvalue weighted by Crippen LogP contribution is -2.46.